The van der Waals surface area contributed by atoms with Gasteiger partial charge in [0.1, 0.15) is 0 Å². The van der Waals surface area contributed by atoms with Gasteiger partial charge in [0, 0.05) is 45.3 Å². The molecule has 2 fully saturated rings. The number of rotatable bonds is 14. The summed E-state index contributed by atoms with van der Waals surface area (Å²) in [7, 11) is -1.63. The SMILES string of the molecule is CC(C)(CO)CCCCC1CCC(/C=C/C2CCC(CCCCC(C)(C)CO)S2=O)S1=O. The Morgan fingerprint density at radius 2 is 1.06 bits per heavy atom. The lowest BCUT2D eigenvalue weighted by molar-refractivity contribution is 0.147. The highest BCUT2D eigenvalue weighted by Gasteiger charge is 2.33. The summed E-state index contributed by atoms with van der Waals surface area (Å²) in [5.41, 5.74) is -0.0180. The van der Waals surface area contributed by atoms with E-state index in [0.717, 1.165) is 77.0 Å². The Morgan fingerprint density at radius 3 is 1.41 bits per heavy atom. The molecular weight excluding hydrogens is 440 g/mol. The van der Waals surface area contributed by atoms with Gasteiger partial charge in [0.2, 0.25) is 0 Å². The minimum Gasteiger partial charge on any atom is -0.396 e. The Bertz CT molecular complexity index is 590. The molecule has 0 saturated carbocycles. The predicted molar refractivity (Wildman–Crippen MR) is 138 cm³/mol. The van der Waals surface area contributed by atoms with Crippen LogP contribution in [0.4, 0.5) is 0 Å². The summed E-state index contributed by atoms with van der Waals surface area (Å²) < 4.78 is 25.8. The molecular formula is C26H48O4S2. The molecule has 0 radical (unpaired) electrons. The highest BCUT2D eigenvalue weighted by atomic mass is 32.2. The highest BCUT2D eigenvalue weighted by molar-refractivity contribution is 7.87. The topological polar surface area (TPSA) is 74.6 Å². The maximum absolute atomic E-state index is 12.9. The van der Waals surface area contributed by atoms with E-state index in [4.69, 9.17) is 0 Å². The monoisotopic (exact) mass is 488 g/mol. The van der Waals surface area contributed by atoms with Crippen molar-refractivity contribution < 1.29 is 18.6 Å². The van der Waals surface area contributed by atoms with Crippen LogP contribution in [-0.4, -0.2) is 52.8 Å². The van der Waals surface area contributed by atoms with Crippen LogP contribution in [0.15, 0.2) is 12.2 Å². The van der Waals surface area contributed by atoms with Gasteiger partial charge in [-0.2, -0.15) is 0 Å². The fourth-order valence-electron chi connectivity index (χ4n) is 4.88. The lowest BCUT2D eigenvalue weighted by Crippen LogP contribution is -2.18. The van der Waals surface area contributed by atoms with Crippen LogP contribution in [0.3, 0.4) is 0 Å². The van der Waals surface area contributed by atoms with Gasteiger partial charge in [-0.25, -0.2) is 0 Å². The minimum atomic E-state index is -0.816. The Labute approximate surface area is 201 Å². The first-order chi connectivity index (χ1) is 15.1. The van der Waals surface area contributed by atoms with Crippen molar-refractivity contribution in [3.8, 4) is 0 Å². The zero-order valence-electron chi connectivity index (χ0n) is 20.9. The predicted octanol–water partition coefficient (Wildman–Crippen LogP) is 5.26. The smallest absolute Gasteiger partial charge is 0.0531 e. The van der Waals surface area contributed by atoms with Crippen LogP contribution < -0.4 is 0 Å². The molecule has 6 unspecified atom stereocenters. The number of unbranched alkanes of at least 4 members (excludes halogenated alkanes) is 2. The van der Waals surface area contributed by atoms with Crippen molar-refractivity contribution in [2.24, 2.45) is 10.8 Å². The third-order valence-corrected chi connectivity index (χ3v) is 11.7. The molecule has 0 bridgehead atoms. The average molecular weight is 489 g/mol. The second-order valence-electron chi connectivity index (χ2n) is 11.7. The van der Waals surface area contributed by atoms with Gasteiger partial charge >= 0.3 is 0 Å². The van der Waals surface area contributed by atoms with Gasteiger partial charge in [0.15, 0.2) is 0 Å². The Morgan fingerprint density at radius 1 is 0.688 bits per heavy atom. The molecule has 0 aromatic rings. The van der Waals surface area contributed by atoms with Crippen LogP contribution in [-0.2, 0) is 21.6 Å². The number of hydrogen-bond donors (Lipinski definition) is 2. The van der Waals surface area contributed by atoms with Crippen molar-refractivity contribution in [1.82, 2.24) is 0 Å². The van der Waals surface area contributed by atoms with Crippen LogP contribution in [0.2, 0.25) is 0 Å². The molecule has 0 amide bonds. The molecule has 2 saturated heterocycles. The van der Waals surface area contributed by atoms with E-state index in [0.29, 0.717) is 10.5 Å². The molecule has 6 atom stereocenters. The second kappa shape index (κ2) is 13.2. The molecule has 0 spiro atoms. The molecule has 188 valence electrons. The van der Waals surface area contributed by atoms with Gasteiger partial charge in [0.05, 0.1) is 10.5 Å². The fourth-order valence-corrected chi connectivity index (χ4v) is 8.64. The maximum Gasteiger partial charge on any atom is 0.0531 e. The standard InChI is InChI=1S/C26H48O4S2/c1-25(2,19-27)17-7-5-9-21-11-13-23(31(21)29)15-16-24-14-12-22(32(24)30)10-6-8-18-26(3,4)20-28/h15-16,21-24,27-28H,5-14,17-20H2,1-4H3/b16-15+. The summed E-state index contributed by atoms with van der Waals surface area (Å²) in [6.07, 6.45) is 16.7. The van der Waals surface area contributed by atoms with Crippen molar-refractivity contribution in [3.63, 3.8) is 0 Å². The summed E-state index contributed by atoms with van der Waals surface area (Å²) in [6, 6.07) is 0. The van der Waals surface area contributed by atoms with Gasteiger partial charge in [-0.05, 0) is 62.2 Å². The molecule has 0 aliphatic carbocycles. The van der Waals surface area contributed by atoms with E-state index in [1.165, 1.54) is 0 Å². The number of aliphatic hydroxyl groups excluding tert-OH is 2. The van der Waals surface area contributed by atoms with E-state index in [9.17, 15) is 18.6 Å². The van der Waals surface area contributed by atoms with Gasteiger partial charge in [-0.15, -0.1) is 0 Å². The molecule has 6 heteroatoms. The summed E-state index contributed by atoms with van der Waals surface area (Å²) in [6.45, 7) is 8.82. The molecule has 2 aliphatic rings. The van der Waals surface area contributed by atoms with Crippen molar-refractivity contribution in [2.45, 2.75) is 126 Å². The number of hydrogen-bond acceptors (Lipinski definition) is 4. The van der Waals surface area contributed by atoms with E-state index in [1.54, 1.807) is 0 Å². The largest absolute Gasteiger partial charge is 0.396 e. The van der Waals surface area contributed by atoms with Crippen LogP contribution in [0.25, 0.3) is 0 Å². The zero-order valence-corrected chi connectivity index (χ0v) is 22.5. The van der Waals surface area contributed by atoms with Gasteiger partial charge in [-0.1, -0.05) is 65.5 Å². The van der Waals surface area contributed by atoms with Crippen LogP contribution in [0.5, 0.6) is 0 Å². The Kier molecular flexibility index (Phi) is 11.6. The van der Waals surface area contributed by atoms with E-state index in [2.05, 4.69) is 39.8 Å². The first-order valence-corrected chi connectivity index (χ1v) is 15.3. The van der Waals surface area contributed by atoms with E-state index in [1.807, 2.05) is 0 Å². The number of aliphatic hydroxyl groups is 2. The van der Waals surface area contributed by atoms with Gasteiger partial charge < -0.3 is 10.2 Å². The quantitative estimate of drug-likeness (QED) is 0.258. The second-order valence-corrected chi connectivity index (χ2v) is 15.5. The summed E-state index contributed by atoms with van der Waals surface area (Å²) in [5.74, 6) is 0. The van der Waals surface area contributed by atoms with Crippen LogP contribution in [0, 0.1) is 10.8 Å². The van der Waals surface area contributed by atoms with Crippen molar-refractivity contribution in [1.29, 1.82) is 0 Å². The molecule has 0 aromatic heterocycles. The van der Waals surface area contributed by atoms with Crippen molar-refractivity contribution in [2.75, 3.05) is 13.2 Å². The Hall–Kier alpha value is -0.0400. The van der Waals surface area contributed by atoms with Crippen molar-refractivity contribution >= 4 is 21.6 Å². The average Bonchev–Trinajstić information content (AvgIpc) is 3.29. The molecule has 2 N–H and O–H groups in total. The molecule has 32 heavy (non-hydrogen) atoms. The summed E-state index contributed by atoms with van der Waals surface area (Å²) in [4.78, 5) is 0. The normalized spacial score (nSPS) is 31.7. The molecule has 2 aliphatic heterocycles. The van der Waals surface area contributed by atoms with E-state index < -0.39 is 21.6 Å². The van der Waals surface area contributed by atoms with Gasteiger partial charge in [0.25, 0.3) is 0 Å². The minimum absolute atomic E-state index is 0.00902. The van der Waals surface area contributed by atoms with Crippen LogP contribution >= 0.6 is 0 Å². The highest BCUT2D eigenvalue weighted by Crippen LogP contribution is 2.33. The molecule has 4 nitrogen and oxygen atoms in total. The first kappa shape index (κ1) is 28.2. The van der Waals surface area contributed by atoms with Gasteiger partial charge in [-0.3, -0.25) is 8.42 Å². The zero-order chi connectivity index (χ0) is 23.8. The molecule has 2 heterocycles. The lowest BCUT2D eigenvalue weighted by atomic mass is 9.88. The van der Waals surface area contributed by atoms with Crippen LogP contribution in [0.1, 0.15) is 105 Å². The molecule has 2 rings (SSSR count). The third kappa shape index (κ3) is 8.96. The summed E-state index contributed by atoms with van der Waals surface area (Å²) in [5, 5.41) is 19.6. The third-order valence-electron chi connectivity index (χ3n) is 7.46. The van der Waals surface area contributed by atoms with E-state index in [-0.39, 0.29) is 34.5 Å². The fraction of sp³-hybridized carbons (Fsp3) is 0.923. The molecule has 0 aromatic carbocycles. The van der Waals surface area contributed by atoms with Crippen molar-refractivity contribution in [3.05, 3.63) is 12.2 Å². The first-order valence-electron chi connectivity index (χ1n) is 12.8. The lowest BCUT2D eigenvalue weighted by Gasteiger charge is -2.21. The summed E-state index contributed by atoms with van der Waals surface area (Å²) >= 11 is 0. The maximum atomic E-state index is 12.9. The Balaban J connectivity index is 1.70. The van der Waals surface area contributed by atoms with E-state index >= 15 is 0 Å².